The topological polar surface area (TPSA) is 90.6 Å². The van der Waals surface area contributed by atoms with Crippen molar-refractivity contribution in [3.05, 3.63) is 24.2 Å². The lowest BCUT2D eigenvalue weighted by atomic mass is 10.2. The van der Waals surface area contributed by atoms with Crippen LogP contribution in [0.2, 0.25) is 0 Å². The van der Waals surface area contributed by atoms with Gasteiger partial charge in [-0.25, -0.2) is 8.42 Å². The van der Waals surface area contributed by atoms with E-state index >= 15 is 0 Å². The first-order chi connectivity index (χ1) is 13.7. The summed E-state index contributed by atoms with van der Waals surface area (Å²) in [6.07, 6.45) is 1.70. The average molecular weight is 557 g/mol. The minimum atomic E-state index is -3.30. The minimum absolute atomic E-state index is 0. The van der Waals surface area contributed by atoms with Crippen LogP contribution in [0.25, 0.3) is 0 Å². The van der Waals surface area contributed by atoms with Gasteiger partial charge in [0.2, 0.25) is 10.0 Å². The van der Waals surface area contributed by atoms with Crippen molar-refractivity contribution in [3.8, 4) is 0 Å². The molecule has 0 spiro atoms. The Morgan fingerprint density at radius 1 is 1.30 bits per heavy atom. The first kappa shape index (κ1) is 27.1. The Labute approximate surface area is 197 Å². The second kappa shape index (κ2) is 12.8. The molecule has 30 heavy (non-hydrogen) atoms. The lowest BCUT2D eigenvalue weighted by molar-refractivity contribution is 0.0904. The molecule has 1 aliphatic rings. The van der Waals surface area contributed by atoms with Gasteiger partial charge >= 0.3 is 0 Å². The zero-order chi connectivity index (χ0) is 21.4. The van der Waals surface area contributed by atoms with Gasteiger partial charge in [-0.05, 0) is 40.1 Å². The Morgan fingerprint density at radius 3 is 2.47 bits per heavy atom. The molecular formula is C19H36IN5O4S. The van der Waals surface area contributed by atoms with Crippen molar-refractivity contribution < 1.29 is 17.6 Å². The lowest BCUT2D eigenvalue weighted by Gasteiger charge is -2.36. The number of piperazine rings is 1. The number of aliphatic imine (C=N–C) groups is 1. The predicted molar refractivity (Wildman–Crippen MR) is 130 cm³/mol. The Morgan fingerprint density at radius 2 is 1.97 bits per heavy atom. The number of nitrogens with zero attached hydrogens (tertiary/aromatic N) is 4. The van der Waals surface area contributed by atoms with E-state index in [0.717, 1.165) is 11.7 Å². The van der Waals surface area contributed by atoms with Gasteiger partial charge in [0, 0.05) is 39.8 Å². The largest absolute Gasteiger partial charge is 0.468 e. The number of likely N-dealkylation sites (N-methyl/N-ethyl adjacent to an activating group) is 1. The van der Waals surface area contributed by atoms with Crippen molar-refractivity contribution in [2.24, 2.45) is 4.99 Å². The maximum atomic E-state index is 12.5. The normalized spacial score (nSPS) is 17.3. The zero-order valence-electron chi connectivity index (χ0n) is 18.6. The molecule has 0 saturated carbocycles. The molecule has 174 valence electrons. The monoisotopic (exact) mass is 557 g/mol. The molecule has 2 rings (SSSR count). The summed E-state index contributed by atoms with van der Waals surface area (Å²) in [7, 11) is 2.45. The van der Waals surface area contributed by atoms with Gasteiger partial charge in [-0.15, -0.1) is 24.0 Å². The van der Waals surface area contributed by atoms with Gasteiger partial charge in [0.15, 0.2) is 5.96 Å². The molecule has 1 aromatic rings. The molecule has 1 atom stereocenters. The second-order valence-electron chi connectivity index (χ2n) is 7.54. The van der Waals surface area contributed by atoms with Crippen LogP contribution in [0.4, 0.5) is 0 Å². The van der Waals surface area contributed by atoms with E-state index in [9.17, 15) is 8.42 Å². The molecular weight excluding hydrogens is 521 g/mol. The first-order valence-corrected chi connectivity index (χ1v) is 11.6. The summed E-state index contributed by atoms with van der Waals surface area (Å²) < 4.78 is 37.5. The van der Waals surface area contributed by atoms with Gasteiger partial charge in [0.1, 0.15) is 5.76 Å². The molecule has 1 aliphatic heterocycles. The highest BCUT2D eigenvalue weighted by molar-refractivity contribution is 14.0. The van der Waals surface area contributed by atoms with Crippen molar-refractivity contribution in [1.29, 1.82) is 0 Å². The Kier molecular flexibility index (Phi) is 11.6. The van der Waals surface area contributed by atoms with Gasteiger partial charge < -0.3 is 19.4 Å². The standard InChI is InChI=1S/C19H35N5O4S.HI/c1-16(2)27-13-14-29(25,26)24-10-8-23(9-11-24)19(20-3)21-15-17(22(4)5)18-7-6-12-28-18;/h6-7,12,16-17H,8-11,13-15H2,1-5H3,(H,20,21);1H. The van der Waals surface area contributed by atoms with Gasteiger partial charge in [0.05, 0.1) is 30.8 Å². The highest BCUT2D eigenvalue weighted by atomic mass is 127. The van der Waals surface area contributed by atoms with Crippen LogP contribution in [0, 0.1) is 0 Å². The maximum absolute atomic E-state index is 12.5. The first-order valence-electron chi connectivity index (χ1n) is 9.99. The summed E-state index contributed by atoms with van der Waals surface area (Å²) in [5.74, 6) is 1.67. The SMILES string of the molecule is CN=C(NCC(c1ccco1)N(C)C)N1CCN(S(=O)(=O)CCOC(C)C)CC1.I. The summed E-state index contributed by atoms with van der Waals surface area (Å²) in [6.45, 7) is 6.74. The Hall–Kier alpha value is -0.890. The lowest BCUT2D eigenvalue weighted by Crippen LogP contribution is -2.54. The molecule has 0 aliphatic carbocycles. The average Bonchev–Trinajstić information content (AvgIpc) is 3.19. The summed E-state index contributed by atoms with van der Waals surface area (Å²) in [4.78, 5) is 8.55. The fraction of sp³-hybridized carbons (Fsp3) is 0.737. The van der Waals surface area contributed by atoms with Crippen molar-refractivity contribution in [3.63, 3.8) is 0 Å². The van der Waals surface area contributed by atoms with E-state index in [0.29, 0.717) is 32.7 Å². The minimum Gasteiger partial charge on any atom is -0.468 e. The summed E-state index contributed by atoms with van der Waals surface area (Å²) in [5, 5.41) is 3.40. The highest BCUT2D eigenvalue weighted by Gasteiger charge is 2.28. The molecule has 0 amide bonds. The molecule has 9 nitrogen and oxygen atoms in total. The van der Waals surface area contributed by atoms with E-state index in [1.54, 1.807) is 17.6 Å². The van der Waals surface area contributed by atoms with Crippen LogP contribution in [-0.2, 0) is 14.8 Å². The summed E-state index contributed by atoms with van der Waals surface area (Å²) >= 11 is 0. The second-order valence-corrected chi connectivity index (χ2v) is 9.63. The number of hydrogen-bond acceptors (Lipinski definition) is 6. The number of halogens is 1. The molecule has 1 aromatic heterocycles. The predicted octanol–water partition coefficient (Wildman–Crippen LogP) is 1.45. The van der Waals surface area contributed by atoms with Crippen LogP contribution < -0.4 is 5.32 Å². The summed E-state index contributed by atoms with van der Waals surface area (Å²) in [5.41, 5.74) is 0. The summed E-state index contributed by atoms with van der Waals surface area (Å²) in [6, 6.07) is 3.92. The van der Waals surface area contributed by atoms with E-state index in [2.05, 4.69) is 20.1 Å². The molecule has 11 heteroatoms. The van der Waals surface area contributed by atoms with Crippen LogP contribution in [0.3, 0.4) is 0 Å². The van der Waals surface area contributed by atoms with Crippen molar-refractivity contribution in [2.45, 2.75) is 26.0 Å². The maximum Gasteiger partial charge on any atom is 0.216 e. The van der Waals surface area contributed by atoms with Gasteiger partial charge in [-0.3, -0.25) is 9.89 Å². The number of sulfonamides is 1. The van der Waals surface area contributed by atoms with Gasteiger partial charge in [0.25, 0.3) is 0 Å². The van der Waals surface area contributed by atoms with Crippen LogP contribution in [0.15, 0.2) is 27.8 Å². The molecule has 0 radical (unpaired) electrons. The Bertz CT molecular complexity index is 732. The van der Waals surface area contributed by atoms with E-state index in [1.165, 1.54) is 0 Å². The molecule has 0 aromatic carbocycles. The smallest absolute Gasteiger partial charge is 0.216 e. The number of rotatable bonds is 9. The highest BCUT2D eigenvalue weighted by Crippen LogP contribution is 2.18. The van der Waals surface area contributed by atoms with Crippen LogP contribution in [0.5, 0.6) is 0 Å². The zero-order valence-corrected chi connectivity index (χ0v) is 21.7. The molecule has 1 saturated heterocycles. The van der Waals surface area contributed by atoms with Crippen LogP contribution in [-0.4, -0.2) is 101 Å². The fourth-order valence-corrected chi connectivity index (χ4v) is 4.52. The third kappa shape index (κ3) is 7.98. The third-order valence-corrected chi connectivity index (χ3v) is 6.72. The van der Waals surface area contributed by atoms with E-state index in [4.69, 9.17) is 9.15 Å². The van der Waals surface area contributed by atoms with Crippen molar-refractivity contribution in [2.75, 3.05) is 66.2 Å². The van der Waals surface area contributed by atoms with E-state index < -0.39 is 10.0 Å². The fourth-order valence-electron chi connectivity index (χ4n) is 3.24. The molecule has 1 N–H and O–H groups in total. The van der Waals surface area contributed by atoms with Crippen molar-refractivity contribution in [1.82, 2.24) is 19.4 Å². The van der Waals surface area contributed by atoms with E-state index in [1.807, 2.05) is 40.1 Å². The molecule has 1 fully saturated rings. The number of hydrogen-bond donors (Lipinski definition) is 1. The van der Waals surface area contributed by atoms with Crippen molar-refractivity contribution >= 4 is 40.0 Å². The quantitative estimate of drug-likeness (QED) is 0.279. The van der Waals surface area contributed by atoms with Gasteiger partial charge in [-0.1, -0.05) is 0 Å². The third-order valence-electron chi connectivity index (χ3n) is 4.88. The molecule has 1 unspecified atom stereocenters. The number of nitrogens with one attached hydrogen (secondary N) is 1. The number of guanidine groups is 1. The number of ether oxygens (including phenoxy) is 1. The van der Waals surface area contributed by atoms with Crippen LogP contribution >= 0.6 is 24.0 Å². The van der Waals surface area contributed by atoms with Gasteiger partial charge in [-0.2, -0.15) is 4.31 Å². The molecule has 0 bridgehead atoms. The Balaban J connectivity index is 0.00000450. The number of furan rings is 1. The van der Waals surface area contributed by atoms with E-state index in [-0.39, 0.29) is 48.5 Å². The molecule has 2 heterocycles. The van der Waals surface area contributed by atoms with Crippen LogP contribution in [0.1, 0.15) is 25.6 Å².